The molecule has 1 N–H and O–H groups in total. The Hall–Kier alpha value is -2.08. The van der Waals surface area contributed by atoms with Gasteiger partial charge in [0.2, 0.25) is 0 Å². The third-order valence-corrected chi connectivity index (χ3v) is 4.76. The molecule has 0 bridgehead atoms. The van der Waals surface area contributed by atoms with Gasteiger partial charge in [0.15, 0.2) is 6.61 Å². The molecule has 1 amide bonds. The summed E-state index contributed by atoms with van der Waals surface area (Å²) in [6.45, 7) is 4.01. The van der Waals surface area contributed by atoms with E-state index >= 15 is 0 Å². The van der Waals surface area contributed by atoms with E-state index in [4.69, 9.17) is 21.4 Å². The molecule has 1 heterocycles. The van der Waals surface area contributed by atoms with Crippen LogP contribution in [0.3, 0.4) is 0 Å². The number of nitrogens with zero attached hydrogens (tertiary/aromatic N) is 2. The van der Waals surface area contributed by atoms with Crippen molar-refractivity contribution in [2.45, 2.75) is 13.2 Å². The molecule has 1 saturated heterocycles. The van der Waals surface area contributed by atoms with Crippen LogP contribution in [0.15, 0.2) is 48.5 Å². The van der Waals surface area contributed by atoms with E-state index in [1.54, 1.807) is 24.3 Å². The first-order valence-corrected chi connectivity index (χ1v) is 9.09. The van der Waals surface area contributed by atoms with Crippen LogP contribution in [0.1, 0.15) is 11.1 Å². The highest BCUT2D eigenvalue weighted by Crippen LogP contribution is 2.14. The van der Waals surface area contributed by atoms with Gasteiger partial charge in [0.05, 0.1) is 6.61 Å². The zero-order chi connectivity index (χ0) is 18.4. The van der Waals surface area contributed by atoms with Gasteiger partial charge in [0.1, 0.15) is 5.75 Å². The Morgan fingerprint density at radius 3 is 2.19 bits per heavy atom. The van der Waals surface area contributed by atoms with Crippen LogP contribution >= 0.6 is 11.6 Å². The van der Waals surface area contributed by atoms with Crippen molar-refractivity contribution in [1.29, 1.82) is 0 Å². The second kappa shape index (κ2) is 9.03. The Labute approximate surface area is 158 Å². The predicted octanol–water partition coefficient (Wildman–Crippen LogP) is 2.56. The average molecular weight is 375 g/mol. The minimum atomic E-state index is -0.000487. The molecule has 26 heavy (non-hydrogen) atoms. The Morgan fingerprint density at radius 2 is 1.58 bits per heavy atom. The molecule has 138 valence electrons. The van der Waals surface area contributed by atoms with Crippen molar-refractivity contribution in [3.05, 3.63) is 64.7 Å². The molecule has 0 atom stereocenters. The van der Waals surface area contributed by atoms with Crippen LogP contribution in [-0.4, -0.2) is 53.6 Å². The fourth-order valence-corrected chi connectivity index (χ4v) is 3.06. The summed E-state index contributed by atoms with van der Waals surface area (Å²) < 4.78 is 5.56. The number of rotatable bonds is 6. The van der Waals surface area contributed by atoms with Gasteiger partial charge in [-0.2, -0.15) is 0 Å². The van der Waals surface area contributed by atoms with Crippen LogP contribution in [0, 0.1) is 0 Å². The number of carbonyl (C=O) groups is 1. The first-order chi connectivity index (χ1) is 12.6. The normalized spacial score (nSPS) is 15.1. The van der Waals surface area contributed by atoms with E-state index in [0.29, 0.717) is 18.8 Å². The molecule has 0 aliphatic carbocycles. The maximum atomic E-state index is 12.3. The first-order valence-electron chi connectivity index (χ1n) is 8.71. The summed E-state index contributed by atoms with van der Waals surface area (Å²) in [6.07, 6.45) is 0. The van der Waals surface area contributed by atoms with E-state index in [1.807, 2.05) is 29.2 Å². The van der Waals surface area contributed by atoms with Crippen molar-refractivity contribution in [2.75, 3.05) is 32.8 Å². The number of halogens is 1. The van der Waals surface area contributed by atoms with E-state index in [0.717, 1.165) is 30.2 Å². The Balaban J connectivity index is 1.42. The molecule has 0 aromatic heterocycles. The molecule has 1 fully saturated rings. The first kappa shape index (κ1) is 18.7. The molecule has 2 aromatic rings. The lowest BCUT2D eigenvalue weighted by Crippen LogP contribution is -2.49. The third kappa shape index (κ3) is 5.21. The van der Waals surface area contributed by atoms with Crippen molar-refractivity contribution >= 4 is 17.5 Å². The highest BCUT2D eigenvalue weighted by atomic mass is 35.5. The molecule has 3 rings (SSSR count). The Morgan fingerprint density at radius 1 is 0.962 bits per heavy atom. The van der Waals surface area contributed by atoms with E-state index < -0.39 is 0 Å². The SMILES string of the molecule is O=C(COc1ccc(CO)cc1)N1CCN(Cc2ccc(Cl)cc2)CC1. The topological polar surface area (TPSA) is 53.0 Å². The second-order valence-electron chi connectivity index (χ2n) is 6.37. The molecule has 0 spiro atoms. The van der Waals surface area contributed by atoms with Crippen LogP contribution in [0.4, 0.5) is 0 Å². The van der Waals surface area contributed by atoms with E-state index in [9.17, 15) is 4.79 Å². The van der Waals surface area contributed by atoms with Crippen molar-refractivity contribution < 1.29 is 14.6 Å². The van der Waals surface area contributed by atoms with Gasteiger partial charge in [-0.05, 0) is 35.4 Å². The Kier molecular flexibility index (Phi) is 6.50. The van der Waals surface area contributed by atoms with Gasteiger partial charge < -0.3 is 14.7 Å². The number of piperazine rings is 1. The molecule has 1 aliphatic rings. The van der Waals surface area contributed by atoms with Gasteiger partial charge in [-0.1, -0.05) is 35.9 Å². The summed E-state index contributed by atoms with van der Waals surface area (Å²) in [5.74, 6) is 0.638. The lowest BCUT2D eigenvalue weighted by atomic mass is 10.2. The zero-order valence-electron chi connectivity index (χ0n) is 14.6. The fourth-order valence-electron chi connectivity index (χ4n) is 2.93. The Bertz CT molecular complexity index is 711. The van der Waals surface area contributed by atoms with Gasteiger partial charge in [-0.15, -0.1) is 0 Å². The van der Waals surface area contributed by atoms with Crippen molar-refractivity contribution in [3.63, 3.8) is 0 Å². The van der Waals surface area contributed by atoms with E-state index in [1.165, 1.54) is 5.56 Å². The van der Waals surface area contributed by atoms with E-state index in [-0.39, 0.29) is 19.1 Å². The van der Waals surface area contributed by atoms with Crippen LogP contribution in [0.5, 0.6) is 5.75 Å². The van der Waals surface area contributed by atoms with Crippen molar-refractivity contribution in [1.82, 2.24) is 9.80 Å². The number of amides is 1. The van der Waals surface area contributed by atoms with Crippen LogP contribution in [-0.2, 0) is 17.9 Å². The molecule has 6 heteroatoms. The average Bonchev–Trinajstić information content (AvgIpc) is 2.69. The van der Waals surface area contributed by atoms with Crippen molar-refractivity contribution in [2.24, 2.45) is 0 Å². The molecule has 0 unspecified atom stereocenters. The maximum Gasteiger partial charge on any atom is 0.260 e. The van der Waals surface area contributed by atoms with Gasteiger partial charge in [0.25, 0.3) is 5.91 Å². The predicted molar refractivity (Wildman–Crippen MR) is 101 cm³/mol. The molecular weight excluding hydrogens is 352 g/mol. The largest absolute Gasteiger partial charge is 0.484 e. The number of aliphatic hydroxyl groups excluding tert-OH is 1. The molecule has 1 aliphatic heterocycles. The summed E-state index contributed by atoms with van der Waals surface area (Å²) in [6, 6.07) is 15.0. The molecule has 0 radical (unpaired) electrons. The number of benzene rings is 2. The zero-order valence-corrected chi connectivity index (χ0v) is 15.4. The summed E-state index contributed by atoms with van der Waals surface area (Å²) in [5, 5.41) is 9.78. The number of carbonyl (C=O) groups excluding carboxylic acids is 1. The number of hydrogen-bond acceptors (Lipinski definition) is 4. The van der Waals surface area contributed by atoms with Crippen LogP contribution in [0.25, 0.3) is 0 Å². The molecule has 0 saturated carbocycles. The monoisotopic (exact) mass is 374 g/mol. The lowest BCUT2D eigenvalue weighted by molar-refractivity contribution is -0.135. The van der Waals surface area contributed by atoms with Gasteiger partial charge in [-0.3, -0.25) is 9.69 Å². The smallest absolute Gasteiger partial charge is 0.260 e. The summed E-state index contributed by atoms with van der Waals surface area (Å²) in [4.78, 5) is 16.5. The standard InChI is InChI=1S/C20H23ClN2O3/c21-18-5-1-16(2-6-18)13-22-9-11-23(12-10-22)20(25)15-26-19-7-3-17(14-24)4-8-19/h1-8,24H,9-15H2. The van der Waals surface area contributed by atoms with Gasteiger partial charge >= 0.3 is 0 Å². The second-order valence-corrected chi connectivity index (χ2v) is 6.81. The molecule has 5 nitrogen and oxygen atoms in total. The lowest BCUT2D eigenvalue weighted by Gasteiger charge is -2.34. The molecular formula is C20H23ClN2O3. The minimum absolute atomic E-state index is 0.000487. The maximum absolute atomic E-state index is 12.3. The van der Waals surface area contributed by atoms with Gasteiger partial charge in [-0.25, -0.2) is 0 Å². The number of hydrogen-bond donors (Lipinski definition) is 1. The highest BCUT2D eigenvalue weighted by molar-refractivity contribution is 6.30. The number of aliphatic hydroxyl groups is 1. The van der Waals surface area contributed by atoms with E-state index in [2.05, 4.69) is 4.90 Å². The minimum Gasteiger partial charge on any atom is -0.484 e. The fraction of sp³-hybridized carbons (Fsp3) is 0.350. The quantitative estimate of drug-likeness (QED) is 0.844. The summed E-state index contributed by atoms with van der Waals surface area (Å²) in [5.41, 5.74) is 2.05. The summed E-state index contributed by atoms with van der Waals surface area (Å²) >= 11 is 5.92. The summed E-state index contributed by atoms with van der Waals surface area (Å²) in [7, 11) is 0. The third-order valence-electron chi connectivity index (χ3n) is 4.51. The van der Waals surface area contributed by atoms with Gasteiger partial charge in [0, 0.05) is 37.7 Å². The van der Waals surface area contributed by atoms with Crippen LogP contribution in [0.2, 0.25) is 5.02 Å². The molecule has 2 aromatic carbocycles. The van der Waals surface area contributed by atoms with Crippen molar-refractivity contribution in [3.8, 4) is 5.75 Å². The van der Waals surface area contributed by atoms with Crippen LogP contribution < -0.4 is 4.74 Å². The number of ether oxygens (including phenoxy) is 1. The highest BCUT2D eigenvalue weighted by Gasteiger charge is 2.21.